The molecule has 0 spiro atoms. The van der Waals surface area contributed by atoms with Gasteiger partial charge in [-0.2, -0.15) is 0 Å². The van der Waals surface area contributed by atoms with E-state index in [-0.39, 0.29) is 23.3 Å². The van der Waals surface area contributed by atoms with Crippen molar-refractivity contribution in [3.05, 3.63) is 35.4 Å². The van der Waals surface area contributed by atoms with Crippen LogP contribution in [0.15, 0.2) is 24.3 Å². The molecule has 19 heavy (non-hydrogen) atoms. The Labute approximate surface area is 116 Å². The molecule has 2 nitrogen and oxygen atoms in total. The van der Waals surface area contributed by atoms with Crippen molar-refractivity contribution in [2.75, 3.05) is 0 Å². The molecule has 0 bridgehead atoms. The van der Waals surface area contributed by atoms with Crippen LogP contribution in [0.5, 0.6) is 0 Å². The van der Waals surface area contributed by atoms with Gasteiger partial charge in [0.1, 0.15) is 0 Å². The zero-order chi connectivity index (χ0) is 14.6. The number of nitrogens with one attached hydrogen (secondary N) is 1. The van der Waals surface area contributed by atoms with Gasteiger partial charge in [-0.1, -0.05) is 58.7 Å². The van der Waals surface area contributed by atoms with E-state index < -0.39 is 0 Å². The van der Waals surface area contributed by atoms with Crippen molar-refractivity contribution in [2.45, 2.75) is 46.1 Å². The van der Waals surface area contributed by atoms with Gasteiger partial charge < -0.3 is 5.32 Å². The van der Waals surface area contributed by atoms with Gasteiger partial charge in [-0.25, -0.2) is 0 Å². The maximum atomic E-state index is 12.4. The second kappa shape index (κ2) is 5.93. The predicted molar refractivity (Wildman–Crippen MR) is 80.1 cm³/mol. The van der Waals surface area contributed by atoms with Crippen LogP contribution in [0.2, 0.25) is 0 Å². The summed E-state index contributed by atoms with van der Waals surface area (Å²) in [5.41, 5.74) is 1.67. The summed E-state index contributed by atoms with van der Waals surface area (Å²) in [5, 5.41) is 2.92. The van der Waals surface area contributed by atoms with Crippen LogP contribution >= 0.6 is 0 Å². The van der Waals surface area contributed by atoms with Crippen molar-refractivity contribution in [1.29, 1.82) is 0 Å². The summed E-state index contributed by atoms with van der Waals surface area (Å²) >= 11 is 0. The molecule has 0 aliphatic rings. The molecule has 1 unspecified atom stereocenters. The number of benzene rings is 1. The summed E-state index contributed by atoms with van der Waals surface area (Å²) < 4.78 is 0. The number of carbonyl (C=O) groups excluding carboxylic acids is 1. The molecule has 1 aromatic carbocycles. The first-order chi connectivity index (χ1) is 8.77. The summed E-state index contributed by atoms with van der Waals surface area (Å²) in [6.07, 6.45) is 5.46. The van der Waals surface area contributed by atoms with Crippen LogP contribution in [0.25, 0.3) is 0 Å². The molecule has 0 aliphatic heterocycles. The van der Waals surface area contributed by atoms with Gasteiger partial charge in [-0.15, -0.1) is 6.42 Å². The molecule has 0 saturated carbocycles. The fraction of sp³-hybridized carbons (Fsp3) is 0.471. The molecule has 1 N–H and O–H groups in total. The lowest BCUT2D eigenvalue weighted by Gasteiger charge is -2.24. The molecule has 0 heterocycles. The lowest BCUT2D eigenvalue weighted by Crippen LogP contribution is -2.38. The Morgan fingerprint density at radius 1 is 1.26 bits per heavy atom. The zero-order valence-electron chi connectivity index (χ0n) is 12.4. The van der Waals surface area contributed by atoms with Crippen LogP contribution in [0, 0.1) is 18.3 Å². The molecule has 0 aromatic heterocycles. The number of carbonyl (C=O) groups is 1. The highest BCUT2D eigenvalue weighted by Crippen LogP contribution is 2.25. The van der Waals surface area contributed by atoms with E-state index in [2.05, 4.69) is 32.0 Å². The number of rotatable bonds is 3. The van der Waals surface area contributed by atoms with Gasteiger partial charge in [0.2, 0.25) is 0 Å². The molecular weight excluding hydrogens is 234 g/mol. The third-order valence-corrected chi connectivity index (χ3v) is 3.11. The fourth-order valence-electron chi connectivity index (χ4n) is 1.95. The van der Waals surface area contributed by atoms with Gasteiger partial charge in [-0.3, -0.25) is 4.79 Å². The number of terminal acetylenes is 1. The van der Waals surface area contributed by atoms with Crippen LogP contribution in [-0.2, 0) is 5.41 Å². The standard InChI is InChI=1S/C17H23NO/c1-7-15(12(2)3)18-16(19)13-10-8-9-11-14(13)17(4,5)6/h1,8-12,15H,2-6H3,(H,18,19). The third kappa shape index (κ3) is 3.86. The molecule has 1 atom stereocenters. The van der Waals surface area contributed by atoms with Gasteiger partial charge in [0, 0.05) is 5.56 Å². The Hall–Kier alpha value is -1.75. The largest absolute Gasteiger partial charge is 0.338 e. The second-order valence-corrected chi connectivity index (χ2v) is 6.16. The van der Waals surface area contributed by atoms with Gasteiger partial charge in [0.05, 0.1) is 6.04 Å². The van der Waals surface area contributed by atoms with E-state index in [0.29, 0.717) is 5.56 Å². The van der Waals surface area contributed by atoms with E-state index in [1.165, 1.54) is 0 Å². The molecule has 0 radical (unpaired) electrons. The first kappa shape index (κ1) is 15.3. The topological polar surface area (TPSA) is 29.1 Å². The van der Waals surface area contributed by atoms with Gasteiger partial charge in [0.15, 0.2) is 0 Å². The van der Waals surface area contributed by atoms with Gasteiger partial charge >= 0.3 is 0 Å². The second-order valence-electron chi connectivity index (χ2n) is 6.16. The zero-order valence-corrected chi connectivity index (χ0v) is 12.4. The maximum absolute atomic E-state index is 12.4. The summed E-state index contributed by atoms with van der Waals surface area (Å²) in [6.45, 7) is 10.3. The van der Waals surface area contributed by atoms with E-state index in [0.717, 1.165) is 5.56 Å². The highest BCUT2D eigenvalue weighted by atomic mass is 16.1. The predicted octanol–water partition coefficient (Wildman–Crippen LogP) is 3.37. The minimum Gasteiger partial charge on any atom is -0.338 e. The molecule has 1 amide bonds. The SMILES string of the molecule is C#CC(NC(=O)c1ccccc1C(C)(C)C)C(C)C. The first-order valence-corrected chi connectivity index (χ1v) is 6.64. The highest BCUT2D eigenvalue weighted by Gasteiger charge is 2.22. The van der Waals surface area contributed by atoms with Crippen LogP contribution < -0.4 is 5.32 Å². The average Bonchev–Trinajstić information content (AvgIpc) is 2.34. The molecule has 1 rings (SSSR count). The molecule has 0 aliphatic carbocycles. The van der Waals surface area contributed by atoms with Crippen LogP contribution in [-0.4, -0.2) is 11.9 Å². The summed E-state index contributed by atoms with van der Waals surface area (Å²) in [6, 6.07) is 7.45. The van der Waals surface area contributed by atoms with Crippen molar-refractivity contribution >= 4 is 5.91 Å². The lowest BCUT2D eigenvalue weighted by molar-refractivity contribution is 0.0936. The molecule has 1 aromatic rings. The Kier molecular flexibility index (Phi) is 4.78. The quantitative estimate of drug-likeness (QED) is 0.826. The molecule has 2 heteroatoms. The van der Waals surface area contributed by atoms with Crippen LogP contribution in [0.4, 0.5) is 0 Å². The Morgan fingerprint density at radius 3 is 2.32 bits per heavy atom. The van der Waals surface area contributed by atoms with E-state index in [1.807, 2.05) is 38.1 Å². The third-order valence-electron chi connectivity index (χ3n) is 3.11. The first-order valence-electron chi connectivity index (χ1n) is 6.64. The van der Waals surface area contributed by atoms with E-state index in [9.17, 15) is 4.79 Å². The molecule has 102 valence electrons. The number of hydrogen-bond donors (Lipinski definition) is 1. The highest BCUT2D eigenvalue weighted by molar-refractivity contribution is 5.96. The smallest absolute Gasteiger partial charge is 0.252 e. The lowest BCUT2D eigenvalue weighted by atomic mass is 9.83. The van der Waals surface area contributed by atoms with E-state index in [4.69, 9.17) is 6.42 Å². The van der Waals surface area contributed by atoms with Gasteiger partial charge in [0.25, 0.3) is 5.91 Å². The summed E-state index contributed by atoms with van der Waals surface area (Å²) in [4.78, 5) is 12.4. The van der Waals surface area contributed by atoms with Crippen molar-refractivity contribution in [2.24, 2.45) is 5.92 Å². The Bertz CT molecular complexity index is 489. The van der Waals surface area contributed by atoms with Gasteiger partial charge in [-0.05, 0) is 23.0 Å². The number of hydrogen-bond acceptors (Lipinski definition) is 1. The Balaban J connectivity index is 3.05. The van der Waals surface area contributed by atoms with E-state index >= 15 is 0 Å². The molecule has 0 fully saturated rings. The van der Waals surface area contributed by atoms with E-state index in [1.54, 1.807) is 0 Å². The van der Waals surface area contributed by atoms with Crippen LogP contribution in [0.3, 0.4) is 0 Å². The van der Waals surface area contributed by atoms with Crippen molar-refractivity contribution in [3.63, 3.8) is 0 Å². The molecule has 0 saturated heterocycles. The average molecular weight is 257 g/mol. The summed E-state index contributed by atoms with van der Waals surface area (Å²) in [7, 11) is 0. The fourth-order valence-corrected chi connectivity index (χ4v) is 1.95. The summed E-state index contributed by atoms with van der Waals surface area (Å²) in [5.74, 6) is 2.75. The number of amides is 1. The van der Waals surface area contributed by atoms with Crippen molar-refractivity contribution in [1.82, 2.24) is 5.32 Å². The van der Waals surface area contributed by atoms with Crippen molar-refractivity contribution < 1.29 is 4.79 Å². The van der Waals surface area contributed by atoms with Crippen LogP contribution in [0.1, 0.15) is 50.5 Å². The van der Waals surface area contributed by atoms with Crippen molar-refractivity contribution in [3.8, 4) is 12.3 Å². The monoisotopic (exact) mass is 257 g/mol. The Morgan fingerprint density at radius 2 is 1.84 bits per heavy atom. The minimum absolute atomic E-state index is 0.0720. The maximum Gasteiger partial charge on any atom is 0.252 e. The molecular formula is C17H23NO. The minimum atomic E-state index is -0.236. The normalized spacial score (nSPS) is 12.9.